The molecule has 2 nitrogen and oxygen atoms in total. The first-order valence-electron chi connectivity index (χ1n) is 6.60. The lowest BCUT2D eigenvalue weighted by Gasteiger charge is -2.23. The van der Waals surface area contributed by atoms with Crippen molar-refractivity contribution in [2.24, 2.45) is 0 Å². The van der Waals surface area contributed by atoms with Gasteiger partial charge >= 0.3 is 0 Å². The zero-order chi connectivity index (χ0) is 12.6. The molecular formula is C15H17ClO2. The number of rotatable bonds is 1. The molecule has 1 N–H and O–H groups in total. The Labute approximate surface area is 112 Å². The molecule has 0 atom stereocenters. The van der Waals surface area contributed by atoms with Crippen LogP contribution in [-0.4, -0.2) is 5.11 Å². The molecule has 0 amide bonds. The summed E-state index contributed by atoms with van der Waals surface area (Å²) in [6, 6.07) is 7.62. The molecular weight excluding hydrogens is 248 g/mol. The monoisotopic (exact) mass is 264 g/mol. The van der Waals surface area contributed by atoms with Gasteiger partial charge in [0.25, 0.3) is 0 Å². The first kappa shape index (κ1) is 12.1. The van der Waals surface area contributed by atoms with Gasteiger partial charge in [-0.2, -0.15) is 0 Å². The van der Waals surface area contributed by atoms with Crippen molar-refractivity contribution >= 4 is 22.6 Å². The van der Waals surface area contributed by atoms with Gasteiger partial charge in [0.15, 0.2) is 5.58 Å². The van der Waals surface area contributed by atoms with E-state index in [0.29, 0.717) is 16.4 Å². The highest BCUT2D eigenvalue weighted by Gasteiger charge is 2.33. The maximum absolute atomic E-state index is 10.8. The summed E-state index contributed by atoms with van der Waals surface area (Å²) in [5, 5.41) is 12.4. The van der Waals surface area contributed by atoms with Crippen molar-refractivity contribution in [3.8, 4) is 0 Å². The molecule has 1 fully saturated rings. The van der Waals surface area contributed by atoms with Crippen molar-refractivity contribution in [3.63, 3.8) is 0 Å². The van der Waals surface area contributed by atoms with Crippen LogP contribution in [0.15, 0.2) is 28.7 Å². The minimum Gasteiger partial charge on any atom is -0.456 e. The minimum atomic E-state index is -0.807. The molecule has 1 aromatic carbocycles. The minimum absolute atomic E-state index is 0.607. The first-order chi connectivity index (χ1) is 8.69. The summed E-state index contributed by atoms with van der Waals surface area (Å²) in [5.74, 6) is 0.674. The van der Waals surface area contributed by atoms with E-state index < -0.39 is 5.60 Å². The maximum Gasteiger partial charge on any atom is 0.153 e. The lowest BCUT2D eigenvalue weighted by Crippen LogP contribution is -2.23. The van der Waals surface area contributed by atoms with Crippen LogP contribution in [0, 0.1) is 0 Å². The molecule has 0 bridgehead atoms. The molecule has 0 unspecified atom stereocenters. The Morgan fingerprint density at radius 3 is 2.50 bits per heavy atom. The van der Waals surface area contributed by atoms with Crippen molar-refractivity contribution in [2.75, 3.05) is 0 Å². The summed E-state index contributed by atoms with van der Waals surface area (Å²) in [7, 11) is 0. The van der Waals surface area contributed by atoms with Crippen LogP contribution in [0.3, 0.4) is 0 Å². The van der Waals surface area contributed by atoms with Crippen LogP contribution < -0.4 is 0 Å². The van der Waals surface area contributed by atoms with Crippen LogP contribution in [-0.2, 0) is 5.60 Å². The van der Waals surface area contributed by atoms with Crippen LogP contribution in [0.4, 0.5) is 0 Å². The van der Waals surface area contributed by atoms with Gasteiger partial charge in [-0.05, 0) is 25.0 Å². The van der Waals surface area contributed by atoms with Gasteiger partial charge < -0.3 is 9.52 Å². The highest BCUT2D eigenvalue weighted by atomic mass is 35.5. The van der Waals surface area contributed by atoms with Crippen LogP contribution >= 0.6 is 11.6 Å². The van der Waals surface area contributed by atoms with Crippen LogP contribution in [0.1, 0.15) is 44.3 Å². The summed E-state index contributed by atoms with van der Waals surface area (Å²) >= 11 is 6.11. The molecule has 1 heterocycles. The fraction of sp³-hybridized carbons (Fsp3) is 0.467. The molecule has 3 heteroatoms. The van der Waals surface area contributed by atoms with E-state index in [9.17, 15) is 5.11 Å². The topological polar surface area (TPSA) is 33.4 Å². The maximum atomic E-state index is 10.8. The van der Waals surface area contributed by atoms with Gasteiger partial charge in [-0.3, -0.25) is 0 Å². The van der Waals surface area contributed by atoms with Crippen molar-refractivity contribution < 1.29 is 9.52 Å². The predicted octanol–water partition coefficient (Wildman–Crippen LogP) is 4.63. The first-order valence-corrected chi connectivity index (χ1v) is 6.98. The average molecular weight is 265 g/mol. The Morgan fingerprint density at radius 1 is 1.11 bits per heavy atom. The number of aliphatic hydroxyl groups is 1. The fourth-order valence-corrected chi connectivity index (χ4v) is 3.04. The second kappa shape index (κ2) is 4.60. The summed E-state index contributed by atoms with van der Waals surface area (Å²) in [6.45, 7) is 0. The quantitative estimate of drug-likeness (QED) is 0.762. The molecule has 1 aromatic heterocycles. The van der Waals surface area contributed by atoms with Crippen LogP contribution in [0.5, 0.6) is 0 Å². The van der Waals surface area contributed by atoms with E-state index in [1.807, 2.05) is 24.3 Å². The number of para-hydroxylation sites is 1. The zero-order valence-electron chi connectivity index (χ0n) is 10.3. The predicted molar refractivity (Wildman–Crippen MR) is 72.8 cm³/mol. The van der Waals surface area contributed by atoms with Gasteiger partial charge in [0.05, 0.1) is 5.02 Å². The Hall–Kier alpha value is -0.990. The van der Waals surface area contributed by atoms with Crippen molar-refractivity contribution in [2.45, 2.75) is 44.1 Å². The van der Waals surface area contributed by atoms with E-state index in [-0.39, 0.29) is 0 Å². The Balaban J connectivity index is 2.05. The third-order valence-corrected chi connectivity index (χ3v) is 4.18. The van der Waals surface area contributed by atoms with Gasteiger partial charge in [-0.15, -0.1) is 0 Å². The third-order valence-electron chi connectivity index (χ3n) is 3.89. The van der Waals surface area contributed by atoms with E-state index in [0.717, 1.165) is 31.1 Å². The normalized spacial score (nSPS) is 19.9. The molecule has 0 saturated heterocycles. The molecule has 1 aliphatic rings. The van der Waals surface area contributed by atoms with Gasteiger partial charge in [0, 0.05) is 5.39 Å². The lowest BCUT2D eigenvalue weighted by atomic mass is 9.91. The van der Waals surface area contributed by atoms with Crippen molar-refractivity contribution in [3.05, 3.63) is 35.0 Å². The number of furan rings is 1. The van der Waals surface area contributed by atoms with Crippen molar-refractivity contribution in [1.29, 1.82) is 0 Å². The number of halogens is 1. The smallest absolute Gasteiger partial charge is 0.153 e. The number of fused-ring (bicyclic) bond motifs is 1. The fourth-order valence-electron chi connectivity index (χ4n) is 2.82. The Bertz CT molecular complexity index is 551. The molecule has 0 aliphatic heterocycles. The Morgan fingerprint density at radius 2 is 1.83 bits per heavy atom. The molecule has 1 aliphatic carbocycles. The number of hydrogen-bond donors (Lipinski definition) is 1. The standard InChI is InChI=1S/C15H17ClO2/c16-12-7-5-6-11-10-13(18-14(11)12)15(17)8-3-1-2-4-9-15/h5-7,10,17H,1-4,8-9H2. The number of benzene rings is 1. The van der Waals surface area contributed by atoms with E-state index >= 15 is 0 Å². The van der Waals surface area contributed by atoms with Crippen LogP contribution in [0.2, 0.25) is 5.02 Å². The van der Waals surface area contributed by atoms with Gasteiger partial charge in [0.2, 0.25) is 0 Å². The average Bonchev–Trinajstić information content (AvgIpc) is 2.69. The second-order valence-corrected chi connectivity index (χ2v) is 5.62. The Kier molecular flexibility index (Phi) is 3.08. The highest BCUT2D eigenvalue weighted by molar-refractivity contribution is 6.34. The van der Waals surface area contributed by atoms with Gasteiger partial charge in [-0.25, -0.2) is 0 Å². The van der Waals surface area contributed by atoms with Gasteiger partial charge in [-0.1, -0.05) is 49.4 Å². The van der Waals surface area contributed by atoms with E-state index in [1.54, 1.807) is 0 Å². The molecule has 1 saturated carbocycles. The summed E-state index contributed by atoms with van der Waals surface area (Å²) < 4.78 is 5.81. The second-order valence-electron chi connectivity index (χ2n) is 5.21. The lowest BCUT2D eigenvalue weighted by molar-refractivity contribution is 0.00116. The molecule has 96 valence electrons. The van der Waals surface area contributed by atoms with Crippen molar-refractivity contribution in [1.82, 2.24) is 0 Å². The zero-order valence-corrected chi connectivity index (χ0v) is 11.0. The SMILES string of the molecule is OC1(c2cc3cccc(Cl)c3o2)CCCCCC1. The van der Waals surface area contributed by atoms with E-state index in [4.69, 9.17) is 16.0 Å². The van der Waals surface area contributed by atoms with Gasteiger partial charge in [0.1, 0.15) is 11.4 Å². The largest absolute Gasteiger partial charge is 0.456 e. The summed E-state index contributed by atoms with van der Waals surface area (Å²) in [4.78, 5) is 0. The number of hydrogen-bond acceptors (Lipinski definition) is 2. The highest BCUT2D eigenvalue weighted by Crippen LogP contribution is 2.39. The molecule has 18 heavy (non-hydrogen) atoms. The third kappa shape index (κ3) is 2.04. The molecule has 0 spiro atoms. The summed E-state index contributed by atoms with van der Waals surface area (Å²) in [5.41, 5.74) is -0.120. The van der Waals surface area contributed by atoms with E-state index in [2.05, 4.69) is 0 Å². The molecule has 3 rings (SSSR count). The van der Waals surface area contributed by atoms with Crippen LogP contribution in [0.25, 0.3) is 11.0 Å². The molecule has 2 aromatic rings. The molecule has 0 radical (unpaired) electrons. The summed E-state index contributed by atoms with van der Waals surface area (Å²) in [6.07, 6.45) is 6.07. The van der Waals surface area contributed by atoms with E-state index in [1.165, 1.54) is 12.8 Å².